The molecular formula is C18H18N2O3S. The van der Waals surface area contributed by atoms with E-state index in [0.29, 0.717) is 6.61 Å². The summed E-state index contributed by atoms with van der Waals surface area (Å²) in [5.41, 5.74) is 2.46. The van der Waals surface area contributed by atoms with Gasteiger partial charge in [-0.2, -0.15) is 0 Å². The molecule has 0 aliphatic rings. The van der Waals surface area contributed by atoms with Gasteiger partial charge in [0.25, 0.3) is 0 Å². The topological polar surface area (TPSA) is 63.8 Å². The number of hydrogen-bond donors (Lipinski definition) is 1. The predicted octanol–water partition coefficient (Wildman–Crippen LogP) is 4.26. The minimum atomic E-state index is -0.980. The molecule has 3 rings (SSSR count). The summed E-state index contributed by atoms with van der Waals surface area (Å²) in [5, 5.41) is 8.94. The molecule has 1 aromatic carbocycles. The smallest absolute Gasteiger partial charge is 0.328 e. The average Bonchev–Trinajstić information content (AvgIpc) is 3.07. The van der Waals surface area contributed by atoms with E-state index >= 15 is 0 Å². The molecule has 124 valence electrons. The summed E-state index contributed by atoms with van der Waals surface area (Å²) in [7, 11) is 0. The lowest BCUT2D eigenvalue weighted by atomic mass is 10.1. The van der Waals surface area contributed by atoms with Gasteiger partial charge < -0.3 is 9.84 Å². The molecule has 0 saturated heterocycles. The molecule has 2 heterocycles. The maximum Gasteiger partial charge on any atom is 0.328 e. The van der Waals surface area contributed by atoms with Crippen LogP contribution in [-0.4, -0.2) is 27.1 Å². The van der Waals surface area contributed by atoms with Crippen molar-refractivity contribution in [3.63, 3.8) is 0 Å². The fraction of sp³-hybridized carbons (Fsp3) is 0.222. The number of aryl methyl sites for hydroxylation is 1. The Labute approximate surface area is 143 Å². The van der Waals surface area contributed by atoms with Crippen LogP contribution in [-0.2, 0) is 4.79 Å². The number of aromatic nitrogens is 2. The van der Waals surface area contributed by atoms with Gasteiger partial charge in [0.05, 0.1) is 18.0 Å². The first-order chi connectivity index (χ1) is 11.6. The van der Waals surface area contributed by atoms with Crippen LogP contribution >= 0.6 is 11.3 Å². The van der Waals surface area contributed by atoms with Crippen LogP contribution in [0.2, 0.25) is 0 Å². The lowest BCUT2D eigenvalue weighted by molar-refractivity contribution is -0.131. The van der Waals surface area contributed by atoms with Crippen LogP contribution in [0.3, 0.4) is 0 Å². The van der Waals surface area contributed by atoms with Gasteiger partial charge in [0.15, 0.2) is 4.96 Å². The number of carbonyl (C=O) groups is 1. The third kappa shape index (κ3) is 3.33. The van der Waals surface area contributed by atoms with Gasteiger partial charge in [-0.15, -0.1) is 11.3 Å². The number of imidazole rings is 1. The Hall–Kier alpha value is -2.60. The standard InChI is InChI=1S/C18H18N2O3S/c1-3-10-23-14-6-4-13(5-7-14)17-15(8-9-16(21)22)20-11-12(2)24-18(20)19-17/h4-9,11H,3,10H2,1-2H3,(H,21,22)/b9-8+. The number of carboxylic acids is 1. The molecule has 0 bridgehead atoms. The third-order valence-corrected chi connectivity index (χ3v) is 4.36. The maximum absolute atomic E-state index is 10.9. The Balaban J connectivity index is 2.03. The number of ether oxygens (including phenoxy) is 1. The van der Waals surface area contributed by atoms with Gasteiger partial charge in [-0.05, 0) is 43.7 Å². The summed E-state index contributed by atoms with van der Waals surface area (Å²) in [6, 6.07) is 7.72. The molecule has 0 atom stereocenters. The molecule has 3 aromatic rings. The van der Waals surface area contributed by atoms with Crippen LogP contribution < -0.4 is 4.74 Å². The van der Waals surface area contributed by atoms with Crippen molar-refractivity contribution >= 4 is 28.3 Å². The maximum atomic E-state index is 10.9. The van der Waals surface area contributed by atoms with Crippen LogP contribution in [0.25, 0.3) is 22.3 Å². The minimum Gasteiger partial charge on any atom is -0.494 e. The normalized spacial score (nSPS) is 11.4. The Morgan fingerprint density at radius 1 is 1.38 bits per heavy atom. The summed E-state index contributed by atoms with van der Waals surface area (Å²) in [5.74, 6) is -0.161. The molecule has 0 aliphatic heterocycles. The summed E-state index contributed by atoms with van der Waals surface area (Å²) in [4.78, 5) is 17.5. The zero-order valence-corrected chi connectivity index (χ0v) is 14.3. The fourth-order valence-electron chi connectivity index (χ4n) is 2.42. The molecule has 0 radical (unpaired) electrons. The van der Waals surface area contributed by atoms with Gasteiger partial charge >= 0.3 is 5.97 Å². The van der Waals surface area contributed by atoms with Gasteiger partial charge in [-0.3, -0.25) is 4.40 Å². The molecule has 0 fully saturated rings. The van der Waals surface area contributed by atoms with Crippen LogP contribution in [0.4, 0.5) is 0 Å². The third-order valence-electron chi connectivity index (χ3n) is 3.46. The predicted molar refractivity (Wildman–Crippen MR) is 95.7 cm³/mol. The molecule has 0 saturated carbocycles. The lowest BCUT2D eigenvalue weighted by Gasteiger charge is -2.05. The largest absolute Gasteiger partial charge is 0.494 e. The molecule has 24 heavy (non-hydrogen) atoms. The van der Waals surface area contributed by atoms with Crippen molar-refractivity contribution < 1.29 is 14.6 Å². The summed E-state index contributed by atoms with van der Waals surface area (Å²) in [6.45, 7) is 4.75. The molecule has 0 amide bonds. The number of rotatable bonds is 6. The van der Waals surface area contributed by atoms with Crippen LogP contribution in [0.1, 0.15) is 23.9 Å². The zero-order chi connectivity index (χ0) is 17.1. The van der Waals surface area contributed by atoms with E-state index in [4.69, 9.17) is 9.84 Å². The van der Waals surface area contributed by atoms with Gasteiger partial charge in [-0.1, -0.05) is 6.92 Å². The van der Waals surface area contributed by atoms with E-state index < -0.39 is 5.97 Å². The first kappa shape index (κ1) is 16.3. The van der Waals surface area contributed by atoms with Crippen molar-refractivity contribution in [2.75, 3.05) is 6.61 Å². The molecule has 0 spiro atoms. The van der Waals surface area contributed by atoms with Gasteiger partial charge in [0, 0.05) is 22.7 Å². The molecule has 0 aliphatic carbocycles. The minimum absolute atomic E-state index is 0.686. The molecule has 6 heteroatoms. The second kappa shape index (κ2) is 6.88. The second-order valence-electron chi connectivity index (χ2n) is 5.38. The van der Waals surface area contributed by atoms with Crippen LogP contribution in [0.5, 0.6) is 5.75 Å². The average molecular weight is 342 g/mol. The van der Waals surface area contributed by atoms with Crippen molar-refractivity contribution in [1.29, 1.82) is 0 Å². The highest BCUT2D eigenvalue weighted by molar-refractivity contribution is 7.17. The van der Waals surface area contributed by atoms with E-state index in [1.807, 2.05) is 41.8 Å². The number of fused-ring (bicyclic) bond motifs is 1. The lowest BCUT2D eigenvalue weighted by Crippen LogP contribution is -1.94. The summed E-state index contributed by atoms with van der Waals surface area (Å²) < 4.78 is 7.53. The Morgan fingerprint density at radius 3 is 2.79 bits per heavy atom. The first-order valence-corrected chi connectivity index (χ1v) is 8.53. The van der Waals surface area contributed by atoms with E-state index in [0.717, 1.165) is 45.0 Å². The monoisotopic (exact) mass is 342 g/mol. The summed E-state index contributed by atoms with van der Waals surface area (Å²) >= 11 is 1.58. The number of thiazole rings is 1. The SMILES string of the molecule is CCCOc1ccc(-c2nc3sc(C)cn3c2/C=C/C(=O)O)cc1. The van der Waals surface area contributed by atoms with E-state index in [2.05, 4.69) is 11.9 Å². The van der Waals surface area contributed by atoms with Crippen LogP contribution in [0, 0.1) is 6.92 Å². The number of carboxylic acid groups (broad SMARTS) is 1. The van der Waals surface area contributed by atoms with Crippen molar-refractivity contribution in [3.05, 3.63) is 47.1 Å². The zero-order valence-electron chi connectivity index (χ0n) is 13.5. The van der Waals surface area contributed by atoms with Crippen molar-refractivity contribution in [3.8, 4) is 17.0 Å². The van der Waals surface area contributed by atoms with Gasteiger partial charge in [-0.25, -0.2) is 9.78 Å². The number of aliphatic carboxylic acids is 1. The van der Waals surface area contributed by atoms with Crippen molar-refractivity contribution in [2.24, 2.45) is 0 Å². The highest BCUT2D eigenvalue weighted by atomic mass is 32.1. The van der Waals surface area contributed by atoms with E-state index in [-0.39, 0.29) is 0 Å². The van der Waals surface area contributed by atoms with E-state index in [1.165, 1.54) is 0 Å². The molecule has 2 aromatic heterocycles. The van der Waals surface area contributed by atoms with Crippen LogP contribution in [0.15, 0.2) is 36.5 Å². The Morgan fingerprint density at radius 2 is 2.12 bits per heavy atom. The van der Waals surface area contributed by atoms with Crippen molar-refractivity contribution in [1.82, 2.24) is 9.38 Å². The highest BCUT2D eigenvalue weighted by Gasteiger charge is 2.14. The quantitative estimate of drug-likeness (QED) is 0.680. The molecule has 0 unspecified atom stereocenters. The molecule has 5 nitrogen and oxygen atoms in total. The first-order valence-electron chi connectivity index (χ1n) is 7.71. The van der Waals surface area contributed by atoms with E-state index in [1.54, 1.807) is 17.4 Å². The number of benzene rings is 1. The second-order valence-corrected chi connectivity index (χ2v) is 6.60. The summed E-state index contributed by atoms with van der Waals surface area (Å²) in [6.07, 6.45) is 5.66. The Kier molecular flexibility index (Phi) is 4.66. The number of nitrogens with zero attached hydrogens (tertiary/aromatic N) is 2. The molecule has 1 N–H and O–H groups in total. The highest BCUT2D eigenvalue weighted by Crippen LogP contribution is 2.30. The van der Waals surface area contributed by atoms with Gasteiger partial charge in [0.2, 0.25) is 0 Å². The molecular weight excluding hydrogens is 324 g/mol. The van der Waals surface area contributed by atoms with Gasteiger partial charge in [0.1, 0.15) is 5.75 Å². The number of hydrogen-bond acceptors (Lipinski definition) is 4. The van der Waals surface area contributed by atoms with Crippen molar-refractivity contribution in [2.45, 2.75) is 20.3 Å². The Bertz CT molecular complexity index is 891. The van der Waals surface area contributed by atoms with E-state index in [9.17, 15) is 4.79 Å². The fourth-order valence-corrected chi connectivity index (χ4v) is 3.26.